The van der Waals surface area contributed by atoms with Crippen LogP contribution >= 0.6 is 0 Å². The van der Waals surface area contributed by atoms with Gasteiger partial charge in [-0.2, -0.15) is 0 Å². The van der Waals surface area contributed by atoms with Gasteiger partial charge in [-0.15, -0.1) is 0 Å². The Bertz CT molecular complexity index is 420. The summed E-state index contributed by atoms with van der Waals surface area (Å²) in [6.07, 6.45) is 1.84. The molecule has 0 aliphatic heterocycles. The molecular weight excluding hydrogens is 238 g/mol. The van der Waals surface area contributed by atoms with E-state index in [1.165, 1.54) is 0 Å². The summed E-state index contributed by atoms with van der Waals surface area (Å²) < 4.78 is 11.1. The third kappa shape index (κ3) is 4.99. The largest absolute Gasteiger partial charge is 0.508 e. The Morgan fingerprint density at radius 3 is 2.82 bits per heavy atom. The van der Waals surface area contributed by atoms with Crippen LogP contribution in [-0.4, -0.2) is 33.3 Å². The van der Waals surface area contributed by atoms with Crippen LogP contribution in [0.2, 0.25) is 0 Å². The van der Waals surface area contributed by atoms with Crippen LogP contribution in [-0.2, 0) is 22.0 Å². The summed E-state index contributed by atoms with van der Waals surface area (Å²) in [6, 6.07) is 6.59. The Morgan fingerprint density at radius 2 is 2.24 bits per heavy atom. The molecule has 0 aromatic heterocycles. The standard InChI is InChI=1S/C12H17NO3S/c1-9(17(2)16)8-13-12(15)7-10-4-3-5-11(14)6-10/h3-6,9,14H,7-8H2,1-2H3,(H,13,15). The summed E-state index contributed by atoms with van der Waals surface area (Å²) in [5.41, 5.74) is 0.757. The van der Waals surface area contributed by atoms with E-state index in [4.69, 9.17) is 0 Å². The smallest absolute Gasteiger partial charge is 0.224 e. The van der Waals surface area contributed by atoms with Gasteiger partial charge in [0.2, 0.25) is 5.91 Å². The molecule has 2 atom stereocenters. The maximum absolute atomic E-state index is 11.6. The minimum Gasteiger partial charge on any atom is -0.508 e. The van der Waals surface area contributed by atoms with Crippen LogP contribution in [0, 0.1) is 0 Å². The van der Waals surface area contributed by atoms with Crippen LogP contribution in [0.3, 0.4) is 0 Å². The van der Waals surface area contributed by atoms with E-state index in [0.717, 1.165) is 5.56 Å². The molecule has 0 radical (unpaired) electrons. The van der Waals surface area contributed by atoms with Crippen LogP contribution < -0.4 is 5.32 Å². The molecule has 1 rings (SSSR count). The van der Waals surface area contributed by atoms with E-state index in [2.05, 4.69) is 5.32 Å². The van der Waals surface area contributed by atoms with E-state index in [9.17, 15) is 14.1 Å². The summed E-state index contributed by atoms with van der Waals surface area (Å²) in [7, 11) is -0.932. The molecule has 0 heterocycles. The maximum atomic E-state index is 11.6. The zero-order valence-corrected chi connectivity index (χ0v) is 10.8. The van der Waals surface area contributed by atoms with Gasteiger partial charge in [0.25, 0.3) is 0 Å². The highest BCUT2D eigenvalue weighted by molar-refractivity contribution is 7.84. The molecule has 5 heteroatoms. The lowest BCUT2D eigenvalue weighted by molar-refractivity contribution is -0.120. The van der Waals surface area contributed by atoms with Gasteiger partial charge in [-0.05, 0) is 24.6 Å². The molecule has 1 amide bonds. The summed E-state index contributed by atoms with van der Waals surface area (Å²) in [4.78, 5) is 11.6. The first kappa shape index (κ1) is 13.7. The molecule has 0 saturated carbocycles. The Hall–Kier alpha value is -1.36. The van der Waals surface area contributed by atoms with Crippen LogP contribution in [0.5, 0.6) is 5.75 Å². The highest BCUT2D eigenvalue weighted by atomic mass is 32.2. The van der Waals surface area contributed by atoms with Gasteiger partial charge in [0.05, 0.1) is 6.42 Å². The Morgan fingerprint density at radius 1 is 1.53 bits per heavy atom. The molecule has 0 aliphatic carbocycles. The summed E-state index contributed by atoms with van der Waals surface area (Å²) in [5, 5.41) is 11.9. The van der Waals surface area contributed by atoms with Crippen molar-refractivity contribution in [2.75, 3.05) is 12.8 Å². The topological polar surface area (TPSA) is 66.4 Å². The summed E-state index contributed by atoms with van der Waals surface area (Å²) >= 11 is 0. The molecule has 0 bridgehead atoms. The third-order valence-corrected chi connectivity index (χ3v) is 3.73. The van der Waals surface area contributed by atoms with E-state index >= 15 is 0 Å². The second kappa shape index (κ2) is 6.39. The van der Waals surface area contributed by atoms with Crippen molar-refractivity contribution >= 4 is 16.7 Å². The van der Waals surface area contributed by atoms with Crippen LogP contribution in [0.1, 0.15) is 12.5 Å². The van der Waals surface area contributed by atoms with Gasteiger partial charge in [0, 0.05) is 28.9 Å². The molecular formula is C12H17NO3S. The Labute approximate surface area is 104 Å². The first-order valence-corrected chi connectivity index (χ1v) is 6.98. The van der Waals surface area contributed by atoms with Gasteiger partial charge in [0.1, 0.15) is 5.75 Å². The average molecular weight is 255 g/mol. The monoisotopic (exact) mass is 255 g/mol. The van der Waals surface area contributed by atoms with E-state index in [0.29, 0.717) is 6.54 Å². The normalized spacial score (nSPS) is 14.0. The second-order valence-corrected chi connectivity index (χ2v) is 5.76. The number of aromatic hydroxyl groups is 1. The molecule has 0 saturated heterocycles. The summed E-state index contributed by atoms with van der Waals surface area (Å²) in [6.45, 7) is 2.23. The lowest BCUT2D eigenvalue weighted by Gasteiger charge is -2.10. The minimum atomic E-state index is -0.932. The fraction of sp³-hybridized carbons (Fsp3) is 0.417. The number of amides is 1. The maximum Gasteiger partial charge on any atom is 0.224 e. The fourth-order valence-electron chi connectivity index (χ4n) is 1.29. The van der Waals surface area contributed by atoms with Crippen molar-refractivity contribution in [1.82, 2.24) is 5.32 Å². The molecule has 2 unspecified atom stereocenters. The molecule has 17 heavy (non-hydrogen) atoms. The lowest BCUT2D eigenvalue weighted by atomic mass is 10.1. The average Bonchev–Trinajstić information content (AvgIpc) is 2.25. The van der Waals surface area contributed by atoms with Crippen molar-refractivity contribution in [2.24, 2.45) is 0 Å². The number of rotatable bonds is 5. The van der Waals surface area contributed by atoms with Crippen LogP contribution in [0.25, 0.3) is 0 Å². The zero-order chi connectivity index (χ0) is 12.8. The number of carbonyl (C=O) groups is 1. The van der Waals surface area contributed by atoms with E-state index in [1.54, 1.807) is 30.5 Å². The number of phenolic OH excluding ortho intramolecular Hbond substituents is 1. The number of hydrogen-bond acceptors (Lipinski definition) is 3. The molecule has 0 spiro atoms. The quantitative estimate of drug-likeness (QED) is 0.818. The van der Waals surface area contributed by atoms with E-state index < -0.39 is 10.8 Å². The number of phenols is 1. The SMILES string of the molecule is CC(CNC(=O)Cc1cccc(O)c1)S(C)=O. The molecule has 94 valence electrons. The van der Waals surface area contributed by atoms with Crippen molar-refractivity contribution in [3.8, 4) is 5.75 Å². The van der Waals surface area contributed by atoms with Crippen molar-refractivity contribution in [3.05, 3.63) is 29.8 Å². The fourth-order valence-corrected chi connectivity index (χ4v) is 1.61. The first-order valence-electron chi connectivity index (χ1n) is 5.36. The van der Waals surface area contributed by atoms with E-state index in [-0.39, 0.29) is 23.3 Å². The van der Waals surface area contributed by atoms with Crippen molar-refractivity contribution in [2.45, 2.75) is 18.6 Å². The van der Waals surface area contributed by atoms with E-state index in [1.807, 2.05) is 6.92 Å². The molecule has 4 nitrogen and oxygen atoms in total. The van der Waals surface area contributed by atoms with Gasteiger partial charge in [-0.25, -0.2) is 0 Å². The predicted octanol–water partition coefficient (Wildman–Crippen LogP) is 0.818. The van der Waals surface area contributed by atoms with Gasteiger partial charge < -0.3 is 10.4 Å². The molecule has 0 fully saturated rings. The third-order valence-electron chi connectivity index (χ3n) is 2.43. The van der Waals surface area contributed by atoms with Crippen molar-refractivity contribution in [1.29, 1.82) is 0 Å². The van der Waals surface area contributed by atoms with Crippen molar-refractivity contribution < 1.29 is 14.1 Å². The Kier molecular flexibility index (Phi) is 5.15. The molecule has 1 aromatic rings. The number of carbonyl (C=O) groups excluding carboxylic acids is 1. The predicted molar refractivity (Wildman–Crippen MR) is 68.3 cm³/mol. The first-order chi connectivity index (χ1) is 7.99. The van der Waals surface area contributed by atoms with Gasteiger partial charge in [0.15, 0.2) is 0 Å². The minimum absolute atomic E-state index is 0.0527. The zero-order valence-electron chi connectivity index (χ0n) is 9.97. The number of benzene rings is 1. The lowest BCUT2D eigenvalue weighted by Crippen LogP contribution is -2.33. The number of hydrogen-bond donors (Lipinski definition) is 2. The summed E-state index contributed by atoms with van der Waals surface area (Å²) in [5.74, 6) is 0.0197. The molecule has 0 aliphatic rings. The Balaban J connectivity index is 2.42. The van der Waals surface area contributed by atoms with Gasteiger partial charge in [-0.1, -0.05) is 12.1 Å². The molecule has 2 N–H and O–H groups in total. The van der Waals surface area contributed by atoms with Crippen LogP contribution in [0.4, 0.5) is 0 Å². The highest BCUT2D eigenvalue weighted by Crippen LogP contribution is 2.11. The van der Waals surface area contributed by atoms with Gasteiger partial charge in [-0.3, -0.25) is 9.00 Å². The van der Waals surface area contributed by atoms with Crippen LogP contribution in [0.15, 0.2) is 24.3 Å². The number of nitrogens with one attached hydrogen (secondary N) is 1. The highest BCUT2D eigenvalue weighted by Gasteiger charge is 2.09. The van der Waals surface area contributed by atoms with Gasteiger partial charge >= 0.3 is 0 Å². The molecule has 1 aromatic carbocycles. The van der Waals surface area contributed by atoms with Crippen molar-refractivity contribution in [3.63, 3.8) is 0 Å². The second-order valence-electron chi connectivity index (χ2n) is 3.96.